The van der Waals surface area contributed by atoms with Crippen LogP contribution in [0.1, 0.15) is 5.69 Å². The zero-order chi connectivity index (χ0) is 13.0. The smallest absolute Gasteiger partial charge is 0.141 e. The molecule has 5 nitrogen and oxygen atoms in total. The van der Waals surface area contributed by atoms with E-state index in [2.05, 4.69) is 20.8 Å². The van der Waals surface area contributed by atoms with Gasteiger partial charge in [-0.25, -0.2) is 9.37 Å². The molecule has 0 aliphatic rings. The third-order valence-corrected chi connectivity index (χ3v) is 2.33. The maximum atomic E-state index is 12.8. The van der Waals surface area contributed by atoms with Crippen LogP contribution in [-0.2, 0) is 4.84 Å². The average Bonchev–Trinajstić information content (AvgIpc) is 2.36. The lowest BCUT2D eigenvalue weighted by Crippen LogP contribution is -2.04. The SMILES string of the molecule is CONc1c(Nc2ccc(F)cn2)ccnc1C. The van der Waals surface area contributed by atoms with Gasteiger partial charge < -0.3 is 5.32 Å². The van der Waals surface area contributed by atoms with E-state index in [9.17, 15) is 4.39 Å². The number of hydrogen-bond donors (Lipinski definition) is 2. The monoisotopic (exact) mass is 248 g/mol. The van der Waals surface area contributed by atoms with Gasteiger partial charge in [0, 0.05) is 6.20 Å². The number of halogens is 1. The third kappa shape index (κ3) is 2.72. The second kappa shape index (κ2) is 5.42. The second-order valence-electron chi connectivity index (χ2n) is 3.61. The van der Waals surface area contributed by atoms with Crippen LogP contribution in [0.25, 0.3) is 0 Å². The molecule has 18 heavy (non-hydrogen) atoms. The predicted octanol–water partition coefficient (Wildman–Crippen LogP) is 2.64. The molecule has 2 N–H and O–H groups in total. The van der Waals surface area contributed by atoms with Crippen molar-refractivity contribution in [2.45, 2.75) is 6.92 Å². The topological polar surface area (TPSA) is 59.1 Å². The molecule has 0 fully saturated rings. The number of aromatic nitrogens is 2. The summed E-state index contributed by atoms with van der Waals surface area (Å²) in [6.45, 7) is 1.85. The van der Waals surface area contributed by atoms with Crippen LogP contribution in [0.2, 0.25) is 0 Å². The number of nitrogens with zero attached hydrogens (tertiary/aromatic N) is 2. The maximum absolute atomic E-state index is 12.8. The van der Waals surface area contributed by atoms with Gasteiger partial charge in [0.15, 0.2) is 0 Å². The molecule has 0 aliphatic carbocycles. The Balaban J connectivity index is 2.28. The van der Waals surface area contributed by atoms with Crippen LogP contribution in [0, 0.1) is 12.7 Å². The molecule has 2 rings (SSSR count). The normalized spacial score (nSPS) is 10.2. The Morgan fingerprint density at radius 2 is 2.06 bits per heavy atom. The highest BCUT2D eigenvalue weighted by atomic mass is 19.1. The summed E-state index contributed by atoms with van der Waals surface area (Å²) in [4.78, 5) is 13.0. The Labute approximate surface area is 104 Å². The number of aryl methyl sites for hydroxylation is 1. The Bertz CT molecular complexity index is 530. The molecule has 0 spiro atoms. The molecule has 0 aliphatic heterocycles. The number of nitrogens with one attached hydrogen (secondary N) is 2. The van der Waals surface area contributed by atoms with Crippen molar-refractivity contribution in [2.24, 2.45) is 0 Å². The second-order valence-corrected chi connectivity index (χ2v) is 3.61. The summed E-state index contributed by atoms with van der Waals surface area (Å²) >= 11 is 0. The fourth-order valence-corrected chi connectivity index (χ4v) is 1.49. The maximum Gasteiger partial charge on any atom is 0.141 e. The van der Waals surface area contributed by atoms with E-state index in [-0.39, 0.29) is 5.82 Å². The van der Waals surface area contributed by atoms with Gasteiger partial charge in [0.1, 0.15) is 17.3 Å². The molecule has 2 aromatic rings. The Morgan fingerprint density at radius 3 is 2.72 bits per heavy atom. The van der Waals surface area contributed by atoms with Crippen molar-refractivity contribution >= 4 is 17.2 Å². The summed E-state index contributed by atoms with van der Waals surface area (Å²) in [6.07, 6.45) is 2.82. The summed E-state index contributed by atoms with van der Waals surface area (Å²) in [6, 6.07) is 4.67. The van der Waals surface area contributed by atoms with Crippen molar-refractivity contribution in [3.63, 3.8) is 0 Å². The van der Waals surface area contributed by atoms with Crippen LogP contribution >= 0.6 is 0 Å². The average molecular weight is 248 g/mol. The minimum atomic E-state index is -0.373. The van der Waals surface area contributed by atoms with E-state index in [0.717, 1.165) is 17.6 Å². The van der Waals surface area contributed by atoms with Gasteiger partial charge in [-0.1, -0.05) is 0 Å². The van der Waals surface area contributed by atoms with Crippen LogP contribution in [-0.4, -0.2) is 17.1 Å². The van der Waals surface area contributed by atoms with E-state index in [4.69, 9.17) is 4.84 Å². The van der Waals surface area contributed by atoms with E-state index in [1.54, 1.807) is 18.3 Å². The van der Waals surface area contributed by atoms with E-state index < -0.39 is 0 Å². The molecule has 0 saturated heterocycles. The summed E-state index contributed by atoms with van der Waals surface area (Å²) < 4.78 is 12.8. The highest BCUT2D eigenvalue weighted by Gasteiger charge is 2.07. The molecule has 0 amide bonds. The Morgan fingerprint density at radius 1 is 1.22 bits per heavy atom. The summed E-state index contributed by atoms with van der Waals surface area (Å²) in [7, 11) is 1.52. The lowest BCUT2D eigenvalue weighted by molar-refractivity contribution is 0.271. The molecular formula is C12H13FN4O. The fraction of sp³-hybridized carbons (Fsp3) is 0.167. The summed E-state index contributed by atoms with van der Waals surface area (Å²) in [5, 5.41) is 3.07. The Kier molecular flexibility index (Phi) is 3.69. The number of pyridine rings is 2. The highest BCUT2D eigenvalue weighted by Crippen LogP contribution is 2.26. The first-order valence-corrected chi connectivity index (χ1v) is 5.34. The standard InChI is InChI=1S/C12H13FN4O/c1-8-12(17-18-2)10(5-6-14-8)16-11-4-3-9(13)7-15-11/h3-7,17H,1-2H3,(H,14,15,16). The molecule has 2 aromatic heterocycles. The van der Waals surface area contributed by atoms with Gasteiger partial charge in [0.25, 0.3) is 0 Å². The van der Waals surface area contributed by atoms with Crippen LogP contribution in [0.5, 0.6) is 0 Å². The number of anilines is 3. The van der Waals surface area contributed by atoms with Gasteiger partial charge in [-0.05, 0) is 25.1 Å². The van der Waals surface area contributed by atoms with Gasteiger partial charge in [0.2, 0.25) is 0 Å². The van der Waals surface area contributed by atoms with Gasteiger partial charge in [-0.15, -0.1) is 0 Å². The van der Waals surface area contributed by atoms with Gasteiger partial charge in [-0.2, -0.15) is 0 Å². The highest BCUT2D eigenvalue weighted by molar-refractivity contribution is 5.73. The van der Waals surface area contributed by atoms with Crippen LogP contribution < -0.4 is 10.8 Å². The van der Waals surface area contributed by atoms with E-state index in [1.807, 2.05) is 6.92 Å². The summed E-state index contributed by atoms with van der Waals surface area (Å²) in [5.74, 6) is 0.169. The first-order chi connectivity index (χ1) is 8.70. The molecule has 6 heteroatoms. The van der Waals surface area contributed by atoms with Crippen molar-refractivity contribution in [3.05, 3.63) is 42.1 Å². The van der Waals surface area contributed by atoms with Crippen molar-refractivity contribution in [2.75, 3.05) is 17.9 Å². The van der Waals surface area contributed by atoms with Crippen LogP contribution in [0.15, 0.2) is 30.6 Å². The molecular weight excluding hydrogens is 235 g/mol. The number of rotatable bonds is 4. The molecule has 0 bridgehead atoms. The van der Waals surface area contributed by atoms with Crippen molar-refractivity contribution in [1.29, 1.82) is 0 Å². The fourth-order valence-electron chi connectivity index (χ4n) is 1.49. The minimum absolute atomic E-state index is 0.373. The zero-order valence-electron chi connectivity index (χ0n) is 10.1. The molecule has 0 aromatic carbocycles. The van der Waals surface area contributed by atoms with E-state index >= 15 is 0 Å². The molecule has 2 heterocycles. The van der Waals surface area contributed by atoms with Gasteiger partial charge in [0.05, 0.1) is 24.7 Å². The largest absolute Gasteiger partial charge is 0.338 e. The molecule has 0 saturated carbocycles. The zero-order valence-corrected chi connectivity index (χ0v) is 10.1. The Hall–Kier alpha value is -2.21. The van der Waals surface area contributed by atoms with Crippen molar-refractivity contribution in [1.82, 2.24) is 9.97 Å². The minimum Gasteiger partial charge on any atom is -0.338 e. The predicted molar refractivity (Wildman–Crippen MR) is 67.1 cm³/mol. The van der Waals surface area contributed by atoms with Gasteiger partial charge >= 0.3 is 0 Å². The molecule has 94 valence electrons. The van der Waals surface area contributed by atoms with E-state index in [0.29, 0.717) is 11.5 Å². The van der Waals surface area contributed by atoms with Gasteiger partial charge in [-0.3, -0.25) is 15.3 Å². The first kappa shape index (κ1) is 12.3. The van der Waals surface area contributed by atoms with Crippen molar-refractivity contribution in [3.8, 4) is 0 Å². The first-order valence-electron chi connectivity index (χ1n) is 5.34. The lowest BCUT2D eigenvalue weighted by Gasteiger charge is -2.13. The molecule has 0 radical (unpaired) electrons. The molecule has 0 atom stereocenters. The quantitative estimate of drug-likeness (QED) is 0.814. The number of hydrogen-bond acceptors (Lipinski definition) is 5. The van der Waals surface area contributed by atoms with Crippen LogP contribution in [0.4, 0.5) is 21.6 Å². The van der Waals surface area contributed by atoms with Crippen LogP contribution in [0.3, 0.4) is 0 Å². The lowest BCUT2D eigenvalue weighted by atomic mass is 10.2. The van der Waals surface area contributed by atoms with E-state index in [1.165, 1.54) is 13.2 Å². The summed E-state index contributed by atoms with van der Waals surface area (Å²) in [5.41, 5.74) is 5.00. The van der Waals surface area contributed by atoms with Crippen molar-refractivity contribution < 1.29 is 9.23 Å². The third-order valence-electron chi connectivity index (χ3n) is 2.33. The molecule has 0 unspecified atom stereocenters.